The number of carbonyl (C=O) groups excluding carboxylic acids is 1. The fourth-order valence-corrected chi connectivity index (χ4v) is 1.93. The molecule has 0 spiro atoms. The molecular formula is C14H12N6O. The van der Waals surface area contributed by atoms with E-state index in [1.54, 1.807) is 36.5 Å². The second kappa shape index (κ2) is 5.04. The Kier molecular flexibility index (Phi) is 3.07. The summed E-state index contributed by atoms with van der Waals surface area (Å²) in [6, 6.07) is 12.1. The van der Waals surface area contributed by atoms with Crippen LogP contribution >= 0.6 is 0 Å². The molecule has 2 aromatic heterocycles. The maximum atomic E-state index is 11.1. The molecule has 1 amide bonds. The number of hydrogen-bond acceptors (Lipinski definition) is 5. The standard InChI is InChI=1S/C14H12N6O/c15-13-12(11-3-1-2-8-17-11)18-19-20(13)10-6-4-9(5-7-10)14(16)21/h1-8H,15H2,(H2,16,21). The van der Waals surface area contributed by atoms with E-state index in [-0.39, 0.29) is 0 Å². The number of aromatic nitrogens is 4. The Labute approximate surface area is 120 Å². The average Bonchev–Trinajstić information content (AvgIpc) is 2.90. The van der Waals surface area contributed by atoms with Crippen LogP contribution < -0.4 is 11.5 Å². The van der Waals surface area contributed by atoms with Gasteiger partial charge in [-0.25, -0.2) is 0 Å². The van der Waals surface area contributed by atoms with Crippen LogP contribution in [0, 0.1) is 0 Å². The lowest BCUT2D eigenvalue weighted by atomic mass is 10.2. The van der Waals surface area contributed by atoms with Gasteiger partial charge in [-0.05, 0) is 36.4 Å². The van der Waals surface area contributed by atoms with E-state index in [0.717, 1.165) is 0 Å². The fraction of sp³-hybridized carbons (Fsp3) is 0. The van der Waals surface area contributed by atoms with Crippen LogP contribution in [-0.4, -0.2) is 25.9 Å². The highest BCUT2D eigenvalue weighted by Gasteiger charge is 2.13. The molecule has 7 nitrogen and oxygen atoms in total. The van der Waals surface area contributed by atoms with Gasteiger partial charge in [-0.15, -0.1) is 5.10 Å². The molecule has 0 aliphatic heterocycles. The lowest BCUT2D eigenvalue weighted by Gasteiger charge is -2.04. The summed E-state index contributed by atoms with van der Waals surface area (Å²) in [5, 5.41) is 8.08. The van der Waals surface area contributed by atoms with Gasteiger partial charge in [0.25, 0.3) is 0 Å². The molecule has 0 saturated carbocycles. The van der Waals surface area contributed by atoms with Crippen molar-refractivity contribution in [2.24, 2.45) is 5.73 Å². The van der Waals surface area contributed by atoms with Crippen LogP contribution in [-0.2, 0) is 0 Å². The zero-order valence-electron chi connectivity index (χ0n) is 11.0. The minimum atomic E-state index is -0.484. The van der Waals surface area contributed by atoms with Crippen LogP contribution in [0.1, 0.15) is 10.4 Å². The maximum absolute atomic E-state index is 11.1. The Morgan fingerprint density at radius 1 is 1.10 bits per heavy atom. The Morgan fingerprint density at radius 3 is 2.48 bits per heavy atom. The highest BCUT2D eigenvalue weighted by Crippen LogP contribution is 2.23. The molecular weight excluding hydrogens is 268 g/mol. The van der Waals surface area contributed by atoms with Crippen molar-refractivity contribution in [1.82, 2.24) is 20.0 Å². The number of rotatable bonds is 3. The number of pyridine rings is 1. The highest BCUT2D eigenvalue weighted by atomic mass is 16.1. The lowest BCUT2D eigenvalue weighted by Crippen LogP contribution is -2.11. The van der Waals surface area contributed by atoms with Crippen molar-refractivity contribution in [2.45, 2.75) is 0 Å². The van der Waals surface area contributed by atoms with Crippen molar-refractivity contribution in [3.8, 4) is 17.1 Å². The molecule has 0 fully saturated rings. The van der Waals surface area contributed by atoms with Gasteiger partial charge in [-0.3, -0.25) is 9.78 Å². The minimum Gasteiger partial charge on any atom is -0.382 e. The number of nitrogens with two attached hydrogens (primary N) is 2. The molecule has 3 aromatic rings. The first-order valence-corrected chi connectivity index (χ1v) is 6.19. The van der Waals surface area contributed by atoms with Crippen molar-refractivity contribution >= 4 is 11.7 Å². The van der Waals surface area contributed by atoms with E-state index in [1.165, 1.54) is 4.68 Å². The first kappa shape index (κ1) is 12.8. The van der Waals surface area contributed by atoms with Crippen molar-refractivity contribution in [2.75, 3.05) is 5.73 Å². The Bertz CT molecular complexity index is 779. The van der Waals surface area contributed by atoms with E-state index in [2.05, 4.69) is 15.3 Å². The second-order valence-corrected chi connectivity index (χ2v) is 4.36. The summed E-state index contributed by atoms with van der Waals surface area (Å²) < 4.78 is 1.48. The summed E-state index contributed by atoms with van der Waals surface area (Å²) in [6.07, 6.45) is 1.66. The van der Waals surface area contributed by atoms with E-state index in [1.807, 2.05) is 12.1 Å². The maximum Gasteiger partial charge on any atom is 0.248 e. The number of hydrogen-bond donors (Lipinski definition) is 2. The molecule has 4 N–H and O–H groups in total. The first-order chi connectivity index (χ1) is 10.2. The molecule has 0 aliphatic rings. The lowest BCUT2D eigenvalue weighted by molar-refractivity contribution is 0.100. The summed E-state index contributed by atoms with van der Waals surface area (Å²) in [4.78, 5) is 15.3. The quantitative estimate of drug-likeness (QED) is 0.743. The summed E-state index contributed by atoms with van der Waals surface area (Å²) in [5.41, 5.74) is 13.5. The summed E-state index contributed by atoms with van der Waals surface area (Å²) in [7, 11) is 0. The van der Waals surface area contributed by atoms with Crippen molar-refractivity contribution in [3.63, 3.8) is 0 Å². The predicted molar refractivity (Wildman–Crippen MR) is 77.5 cm³/mol. The van der Waals surface area contributed by atoms with E-state index in [4.69, 9.17) is 11.5 Å². The van der Waals surface area contributed by atoms with Crippen LogP contribution in [0.4, 0.5) is 5.82 Å². The fourth-order valence-electron chi connectivity index (χ4n) is 1.93. The normalized spacial score (nSPS) is 10.5. The van der Waals surface area contributed by atoms with Gasteiger partial charge in [0.05, 0.1) is 11.4 Å². The molecule has 21 heavy (non-hydrogen) atoms. The van der Waals surface area contributed by atoms with E-state index >= 15 is 0 Å². The van der Waals surface area contributed by atoms with Gasteiger partial charge in [0.15, 0.2) is 11.5 Å². The number of carbonyl (C=O) groups is 1. The van der Waals surface area contributed by atoms with Crippen molar-refractivity contribution in [3.05, 3.63) is 54.2 Å². The summed E-state index contributed by atoms with van der Waals surface area (Å²) in [6.45, 7) is 0. The molecule has 0 atom stereocenters. The van der Waals surface area contributed by atoms with Gasteiger partial charge in [0.2, 0.25) is 5.91 Å². The molecule has 1 aromatic carbocycles. The minimum absolute atomic E-state index is 0.375. The SMILES string of the molecule is NC(=O)c1ccc(-n2nnc(-c3ccccn3)c2N)cc1. The van der Waals surface area contributed by atoms with Crippen molar-refractivity contribution in [1.29, 1.82) is 0 Å². The van der Waals surface area contributed by atoms with Gasteiger partial charge in [0.1, 0.15) is 0 Å². The third kappa shape index (κ3) is 2.32. The second-order valence-electron chi connectivity index (χ2n) is 4.36. The van der Waals surface area contributed by atoms with Crippen LogP contribution in [0.15, 0.2) is 48.7 Å². The number of primary amides is 1. The third-order valence-corrected chi connectivity index (χ3v) is 3.01. The summed E-state index contributed by atoms with van der Waals surface area (Å²) in [5.74, 6) is -0.109. The van der Waals surface area contributed by atoms with E-state index in [0.29, 0.717) is 28.5 Å². The highest BCUT2D eigenvalue weighted by molar-refractivity contribution is 5.92. The molecule has 0 bridgehead atoms. The molecule has 2 heterocycles. The molecule has 0 radical (unpaired) electrons. The average molecular weight is 280 g/mol. The number of nitrogens with zero attached hydrogens (tertiary/aromatic N) is 4. The Hall–Kier alpha value is -3.22. The molecule has 0 saturated heterocycles. The van der Waals surface area contributed by atoms with Crippen molar-refractivity contribution < 1.29 is 4.79 Å². The van der Waals surface area contributed by atoms with E-state index in [9.17, 15) is 4.79 Å². The molecule has 0 aliphatic carbocycles. The van der Waals surface area contributed by atoms with Crippen LogP contribution in [0.25, 0.3) is 17.1 Å². The number of benzene rings is 1. The predicted octanol–water partition coefficient (Wildman–Crippen LogP) is 1.01. The van der Waals surface area contributed by atoms with Gasteiger partial charge in [-0.1, -0.05) is 11.3 Å². The topological polar surface area (TPSA) is 113 Å². The molecule has 104 valence electrons. The number of nitrogen functional groups attached to an aromatic ring is 1. The molecule has 3 rings (SSSR count). The van der Waals surface area contributed by atoms with Crippen LogP contribution in [0.2, 0.25) is 0 Å². The Balaban J connectivity index is 2.01. The Morgan fingerprint density at radius 2 is 1.86 bits per heavy atom. The van der Waals surface area contributed by atoms with Gasteiger partial charge in [0, 0.05) is 11.8 Å². The first-order valence-electron chi connectivity index (χ1n) is 6.19. The monoisotopic (exact) mass is 280 g/mol. The van der Waals surface area contributed by atoms with Gasteiger partial charge >= 0.3 is 0 Å². The zero-order valence-corrected chi connectivity index (χ0v) is 11.0. The molecule has 0 unspecified atom stereocenters. The largest absolute Gasteiger partial charge is 0.382 e. The van der Waals surface area contributed by atoms with Gasteiger partial charge < -0.3 is 11.5 Å². The van der Waals surface area contributed by atoms with Gasteiger partial charge in [-0.2, -0.15) is 4.68 Å². The van der Waals surface area contributed by atoms with Crippen LogP contribution in [0.5, 0.6) is 0 Å². The summed E-state index contributed by atoms with van der Waals surface area (Å²) >= 11 is 0. The van der Waals surface area contributed by atoms with E-state index < -0.39 is 5.91 Å². The molecule has 7 heteroatoms. The smallest absolute Gasteiger partial charge is 0.248 e. The number of amides is 1. The van der Waals surface area contributed by atoms with Crippen LogP contribution in [0.3, 0.4) is 0 Å². The number of anilines is 1. The zero-order chi connectivity index (χ0) is 14.8. The third-order valence-electron chi connectivity index (χ3n) is 3.01.